The summed E-state index contributed by atoms with van der Waals surface area (Å²) in [5, 5.41) is 20.0. The molecule has 2 fully saturated rings. The molecule has 12 nitrogen and oxygen atoms in total. The number of benzene rings is 1. The zero-order valence-corrected chi connectivity index (χ0v) is 28.4. The summed E-state index contributed by atoms with van der Waals surface area (Å²) in [6.45, 7) is 14.6. The van der Waals surface area contributed by atoms with Crippen LogP contribution in [0.5, 0.6) is 5.75 Å². The lowest BCUT2D eigenvalue weighted by Crippen LogP contribution is -2.50. The molecule has 1 atom stereocenters. The summed E-state index contributed by atoms with van der Waals surface area (Å²) >= 11 is 0. The average molecular weight is 663 g/mol. The number of pyridine rings is 1. The van der Waals surface area contributed by atoms with Crippen LogP contribution in [0.1, 0.15) is 62.1 Å². The number of halogens is 1. The number of carboxylic acid groups (broad SMARTS) is 1. The maximum Gasteiger partial charge on any atom is 0.337 e. The summed E-state index contributed by atoms with van der Waals surface area (Å²) in [6.07, 6.45) is 1.03. The highest BCUT2D eigenvalue weighted by Gasteiger charge is 2.35. The first-order valence-electron chi connectivity index (χ1n) is 16.7. The van der Waals surface area contributed by atoms with Crippen molar-refractivity contribution < 1.29 is 32.9 Å². The van der Waals surface area contributed by atoms with Crippen LogP contribution in [0, 0.1) is 19.7 Å². The second-order valence-electron chi connectivity index (χ2n) is 14.0. The highest BCUT2D eigenvalue weighted by atomic mass is 19.1. The molecule has 7 rings (SSSR count). The van der Waals surface area contributed by atoms with E-state index in [4.69, 9.17) is 23.6 Å². The van der Waals surface area contributed by atoms with Crippen molar-refractivity contribution in [2.75, 3.05) is 50.9 Å². The van der Waals surface area contributed by atoms with Crippen molar-refractivity contribution in [2.24, 2.45) is 7.05 Å². The fourth-order valence-corrected chi connectivity index (χ4v) is 7.15. The molecular weight excluding hydrogens is 619 g/mol. The number of fused-ring (bicyclic) bond motifs is 2. The molecule has 6 heterocycles. The van der Waals surface area contributed by atoms with Gasteiger partial charge in [0.2, 0.25) is 0 Å². The molecule has 0 spiro atoms. The van der Waals surface area contributed by atoms with Crippen molar-refractivity contribution >= 4 is 23.0 Å². The van der Waals surface area contributed by atoms with Crippen molar-refractivity contribution in [2.45, 2.75) is 71.6 Å². The van der Waals surface area contributed by atoms with Gasteiger partial charge < -0.3 is 33.2 Å². The van der Waals surface area contributed by atoms with Gasteiger partial charge in [-0.25, -0.2) is 14.2 Å². The van der Waals surface area contributed by atoms with Gasteiger partial charge in [-0.1, -0.05) is 5.10 Å². The number of aromatic nitrogens is 4. The number of hydrogen-bond acceptors (Lipinski definition) is 10. The van der Waals surface area contributed by atoms with E-state index in [1.165, 1.54) is 6.07 Å². The predicted molar refractivity (Wildman–Crippen MR) is 177 cm³/mol. The van der Waals surface area contributed by atoms with Gasteiger partial charge in [0, 0.05) is 61.0 Å². The Morgan fingerprint density at radius 3 is 2.60 bits per heavy atom. The third-order valence-electron chi connectivity index (χ3n) is 9.64. The SMILES string of the molecule is Cc1nc2c(cc(-c3nnc(N4CCCN(C5COC5)CC4)o3)n2C)c(-c2cc(F)c3c(c2C)CCCO3)c1[C@H](OC(C)(C)C)C(=O)O. The molecule has 256 valence electrons. The maximum atomic E-state index is 15.8. The zero-order valence-electron chi connectivity index (χ0n) is 28.4. The highest BCUT2D eigenvalue weighted by Crippen LogP contribution is 2.45. The molecule has 0 radical (unpaired) electrons. The van der Waals surface area contributed by atoms with Gasteiger partial charge in [-0.15, -0.1) is 5.10 Å². The van der Waals surface area contributed by atoms with E-state index < -0.39 is 23.5 Å². The lowest BCUT2D eigenvalue weighted by molar-refractivity contribution is -0.160. The first kappa shape index (κ1) is 32.5. The summed E-state index contributed by atoms with van der Waals surface area (Å²) < 4.78 is 41.2. The minimum atomic E-state index is -1.36. The summed E-state index contributed by atoms with van der Waals surface area (Å²) in [5.41, 5.74) is 3.96. The number of carboxylic acids is 1. The summed E-state index contributed by atoms with van der Waals surface area (Å²) in [5.74, 6) is -1.07. The molecule has 1 aromatic carbocycles. The monoisotopic (exact) mass is 662 g/mol. The number of aliphatic carboxylic acids is 1. The Balaban J connectivity index is 1.37. The quantitative estimate of drug-likeness (QED) is 0.280. The lowest BCUT2D eigenvalue weighted by atomic mass is 9.86. The van der Waals surface area contributed by atoms with Gasteiger partial charge >= 0.3 is 12.0 Å². The van der Waals surface area contributed by atoms with Crippen molar-refractivity contribution in [1.29, 1.82) is 0 Å². The molecule has 2 saturated heterocycles. The minimum absolute atomic E-state index is 0.261. The molecule has 3 aromatic heterocycles. The Bertz CT molecular complexity index is 1880. The Kier molecular flexibility index (Phi) is 8.41. The van der Waals surface area contributed by atoms with Gasteiger partial charge in [0.05, 0.1) is 31.5 Å². The maximum absolute atomic E-state index is 15.8. The molecule has 13 heteroatoms. The number of anilines is 1. The van der Waals surface area contributed by atoms with Crippen LogP contribution in [-0.4, -0.2) is 93.4 Å². The molecule has 4 aromatic rings. The van der Waals surface area contributed by atoms with E-state index in [0.29, 0.717) is 70.1 Å². The van der Waals surface area contributed by atoms with Crippen LogP contribution in [0.15, 0.2) is 16.5 Å². The van der Waals surface area contributed by atoms with Crippen molar-refractivity contribution in [3.8, 4) is 28.5 Å². The highest BCUT2D eigenvalue weighted by molar-refractivity contribution is 6.01. The van der Waals surface area contributed by atoms with Gasteiger partial charge in [-0.3, -0.25) is 4.90 Å². The molecule has 0 amide bonds. The van der Waals surface area contributed by atoms with Crippen molar-refractivity contribution in [1.82, 2.24) is 24.6 Å². The third-order valence-corrected chi connectivity index (χ3v) is 9.64. The van der Waals surface area contributed by atoms with E-state index in [0.717, 1.165) is 63.4 Å². The number of rotatable bonds is 7. The number of nitrogens with zero attached hydrogens (tertiary/aromatic N) is 6. The van der Waals surface area contributed by atoms with Crippen LogP contribution in [0.2, 0.25) is 0 Å². The summed E-state index contributed by atoms with van der Waals surface area (Å²) in [7, 11) is 1.86. The van der Waals surface area contributed by atoms with E-state index in [9.17, 15) is 9.90 Å². The van der Waals surface area contributed by atoms with Gasteiger partial charge in [-0.2, -0.15) is 0 Å². The van der Waals surface area contributed by atoms with E-state index >= 15 is 4.39 Å². The molecular formula is C35H43FN6O6. The fraction of sp³-hybridized carbons (Fsp3) is 0.543. The topological polar surface area (TPSA) is 128 Å². The number of ether oxygens (including phenoxy) is 3. The van der Waals surface area contributed by atoms with E-state index in [1.54, 1.807) is 6.92 Å². The van der Waals surface area contributed by atoms with Crippen LogP contribution in [0.3, 0.4) is 0 Å². The van der Waals surface area contributed by atoms with Crippen LogP contribution in [0.25, 0.3) is 33.7 Å². The fourth-order valence-electron chi connectivity index (χ4n) is 7.15. The van der Waals surface area contributed by atoms with Crippen LogP contribution in [0.4, 0.5) is 10.4 Å². The molecule has 1 N–H and O–H groups in total. The molecule has 0 aliphatic carbocycles. The number of hydrogen-bond donors (Lipinski definition) is 1. The number of aryl methyl sites for hydroxylation is 2. The normalized spacial score (nSPS) is 18.4. The van der Waals surface area contributed by atoms with Crippen molar-refractivity contribution in [3.05, 3.63) is 40.3 Å². The van der Waals surface area contributed by atoms with E-state index in [-0.39, 0.29) is 5.75 Å². The van der Waals surface area contributed by atoms with E-state index in [2.05, 4.69) is 20.0 Å². The summed E-state index contributed by atoms with van der Waals surface area (Å²) in [6, 6.07) is 4.25. The van der Waals surface area contributed by atoms with Crippen LogP contribution in [-0.2, 0) is 27.7 Å². The number of carbonyl (C=O) groups is 1. The Morgan fingerprint density at radius 2 is 1.90 bits per heavy atom. The molecule has 3 aliphatic rings. The minimum Gasteiger partial charge on any atom is -0.490 e. The zero-order chi connectivity index (χ0) is 33.9. The predicted octanol–water partition coefficient (Wildman–Crippen LogP) is 5.22. The van der Waals surface area contributed by atoms with Crippen LogP contribution < -0.4 is 9.64 Å². The third kappa shape index (κ3) is 5.81. The van der Waals surface area contributed by atoms with E-state index in [1.807, 2.05) is 45.4 Å². The Labute approximate surface area is 278 Å². The second kappa shape index (κ2) is 12.4. The lowest BCUT2D eigenvalue weighted by Gasteiger charge is -2.36. The molecule has 3 aliphatic heterocycles. The first-order chi connectivity index (χ1) is 22.9. The Hall–Kier alpha value is -4.07. The average Bonchev–Trinajstić information content (AvgIpc) is 3.54. The van der Waals surface area contributed by atoms with Gasteiger partial charge in [0.15, 0.2) is 17.7 Å². The summed E-state index contributed by atoms with van der Waals surface area (Å²) in [4.78, 5) is 22.4. The first-order valence-corrected chi connectivity index (χ1v) is 16.7. The Morgan fingerprint density at radius 1 is 1.10 bits per heavy atom. The molecule has 0 saturated carbocycles. The van der Waals surface area contributed by atoms with Crippen LogP contribution >= 0.6 is 0 Å². The van der Waals surface area contributed by atoms with Gasteiger partial charge in [-0.05, 0) is 77.1 Å². The second-order valence-corrected chi connectivity index (χ2v) is 14.0. The molecule has 48 heavy (non-hydrogen) atoms. The standard InChI is InChI=1S/C35H43FN6O6/c1-19-22-9-7-14-46-29(22)25(36)15-23(19)28-24-16-26(40(6)31(24)37-20(2)27(28)30(33(43)44)48-35(3,4)5)32-38-39-34(47-32)42-11-8-10-41(12-13-42)21-17-45-18-21/h15-16,21,30H,7-14,17-18H2,1-6H3,(H,43,44)/t30-/m0/s1. The largest absolute Gasteiger partial charge is 0.490 e. The smallest absolute Gasteiger partial charge is 0.337 e. The molecule has 0 unspecified atom stereocenters. The van der Waals surface area contributed by atoms with Crippen molar-refractivity contribution in [3.63, 3.8) is 0 Å². The molecule has 0 bridgehead atoms. The van der Waals surface area contributed by atoms with Gasteiger partial charge in [0.25, 0.3) is 5.89 Å². The van der Waals surface area contributed by atoms with Gasteiger partial charge in [0.1, 0.15) is 11.3 Å².